The van der Waals surface area contributed by atoms with Crippen molar-refractivity contribution >= 4 is 28.8 Å². The van der Waals surface area contributed by atoms with Gasteiger partial charge in [-0.05, 0) is 47.3 Å². The second-order valence-electron chi connectivity index (χ2n) is 5.16. The van der Waals surface area contributed by atoms with E-state index < -0.39 is 6.04 Å². The van der Waals surface area contributed by atoms with Crippen LogP contribution in [0.25, 0.3) is 11.4 Å². The average molecular weight is 362 g/mol. The molecule has 1 atom stereocenters. The van der Waals surface area contributed by atoms with Gasteiger partial charge in [-0.2, -0.15) is 4.80 Å². The number of hydrogen-bond acceptors (Lipinski definition) is 5. The molecule has 24 heavy (non-hydrogen) atoms. The van der Waals surface area contributed by atoms with Gasteiger partial charge in [-0.3, -0.25) is 4.79 Å². The maximum Gasteiger partial charge on any atom is 0.247 e. The molecule has 1 amide bonds. The van der Waals surface area contributed by atoms with Gasteiger partial charge in [-0.25, -0.2) is 0 Å². The first-order chi connectivity index (χ1) is 11.7. The summed E-state index contributed by atoms with van der Waals surface area (Å²) >= 11 is 7.49. The molecule has 0 saturated carbocycles. The number of thiophene rings is 1. The van der Waals surface area contributed by atoms with E-state index in [0.717, 1.165) is 10.4 Å². The number of carbonyl (C=O) groups is 1. The van der Waals surface area contributed by atoms with E-state index in [1.54, 1.807) is 23.5 Å². The third kappa shape index (κ3) is 3.80. The van der Waals surface area contributed by atoms with Crippen LogP contribution in [-0.4, -0.2) is 26.1 Å². The molecular formula is C16H16ClN5OS. The molecule has 0 bridgehead atoms. The van der Waals surface area contributed by atoms with E-state index in [0.29, 0.717) is 23.8 Å². The van der Waals surface area contributed by atoms with Crippen molar-refractivity contribution < 1.29 is 4.79 Å². The number of nitrogens with zero attached hydrogens (tertiary/aromatic N) is 4. The number of nitrogens with one attached hydrogen (secondary N) is 1. The minimum absolute atomic E-state index is 0.119. The zero-order chi connectivity index (χ0) is 16.9. The van der Waals surface area contributed by atoms with Gasteiger partial charge in [0.05, 0.1) is 6.54 Å². The molecule has 124 valence electrons. The first-order valence-electron chi connectivity index (χ1n) is 7.53. The average Bonchev–Trinajstić information content (AvgIpc) is 3.26. The number of hydrogen-bond donors (Lipinski definition) is 1. The highest BCUT2D eigenvalue weighted by Gasteiger charge is 2.21. The fourth-order valence-electron chi connectivity index (χ4n) is 2.23. The number of aromatic nitrogens is 4. The van der Waals surface area contributed by atoms with E-state index >= 15 is 0 Å². The summed E-state index contributed by atoms with van der Waals surface area (Å²) in [4.78, 5) is 14.9. The van der Waals surface area contributed by atoms with Crippen LogP contribution in [0, 0.1) is 0 Å². The molecule has 0 saturated heterocycles. The molecule has 0 spiro atoms. The van der Waals surface area contributed by atoms with Crippen LogP contribution in [0.5, 0.6) is 0 Å². The Bertz CT molecular complexity index is 800. The van der Waals surface area contributed by atoms with Crippen LogP contribution in [0.15, 0.2) is 41.8 Å². The number of amides is 1. The third-order valence-corrected chi connectivity index (χ3v) is 4.64. The number of benzene rings is 1. The Labute approximate surface area is 148 Å². The van der Waals surface area contributed by atoms with Gasteiger partial charge in [0.25, 0.3) is 0 Å². The highest BCUT2D eigenvalue weighted by Crippen LogP contribution is 2.18. The number of tetrazole rings is 1. The molecular weight excluding hydrogens is 346 g/mol. The first-order valence-corrected chi connectivity index (χ1v) is 8.78. The summed E-state index contributed by atoms with van der Waals surface area (Å²) in [6.45, 7) is 2.42. The van der Waals surface area contributed by atoms with Crippen molar-refractivity contribution in [3.05, 3.63) is 51.7 Å². The lowest BCUT2D eigenvalue weighted by Gasteiger charge is -2.12. The lowest BCUT2D eigenvalue weighted by molar-refractivity contribution is -0.125. The van der Waals surface area contributed by atoms with E-state index in [1.165, 1.54) is 4.80 Å². The Morgan fingerprint density at radius 2 is 2.12 bits per heavy atom. The van der Waals surface area contributed by atoms with Gasteiger partial charge in [0.15, 0.2) is 6.04 Å². The van der Waals surface area contributed by atoms with E-state index in [1.807, 2.05) is 36.6 Å². The van der Waals surface area contributed by atoms with Crippen molar-refractivity contribution in [1.29, 1.82) is 0 Å². The van der Waals surface area contributed by atoms with Crippen molar-refractivity contribution in [2.24, 2.45) is 0 Å². The number of halogens is 1. The molecule has 1 aromatic carbocycles. The van der Waals surface area contributed by atoms with Crippen molar-refractivity contribution in [3.63, 3.8) is 0 Å². The molecule has 3 rings (SSSR count). The smallest absolute Gasteiger partial charge is 0.247 e. The molecule has 0 radical (unpaired) electrons. The highest BCUT2D eigenvalue weighted by molar-refractivity contribution is 7.09. The van der Waals surface area contributed by atoms with Crippen LogP contribution in [0.4, 0.5) is 0 Å². The van der Waals surface area contributed by atoms with Crippen LogP contribution < -0.4 is 5.32 Å². The van der Waals surface area contributed by atoms with E-state index in [4.69, 9.17) is 11.6 Å². The normalized spacial score (nSPS) is 12.1. The van der Waals surface area contributed by atoms with Crippen LogP contribution >= 0.6 is 22.9 Å². The maximum atomic E-state index is 12.4. The predicted molar refractivity (Wildman–Crippen MR) is 93.8 cm³/mol. The Kier molecular flexibility index (Phi) is 5.22. The summed E-state index contributed by atoms with van der Waals surface area (Å²) in [5.74, 6) is 0.349. The molecule has 0 fully saturated rings. The fourth-order valence-corrected chi connectivity index (χ4v) is 3.00. The lowest BCUT2D eigenvalue weighted by atomic mass is 10.2. The molecule has 2 heterocycles. The molecule has 2 aromatic heterocycles. The van der Waals surface area contributed by atoms with Gasteiger partial charge in [-0.15, -0.1) is 21.5 Å². The summed E-state index contributed by atoms with van der Waals surface area (Å²) in [5.41, 5.74) is 0.805. The standard InChI is InChI=1S/C16H16ClN5OS/c1-2-14(16(23)18-10-13-4-3-9-24-13)22-20-15(19-21-22)11-5-7-12(17)8-6-11/h3-9,14H,2,10H2,1H3,(H,18,23). The van der Waals surface area contributed by atoms with Crippen molar-refractivity contribution in [2.45, 2.75) is 25.9 Å². The number of carbonyl (C=O) groups excluding carboxylic acids is 1. The summed E-state index contributed by atoms with van der Waals surface area (Å²) in [6.07, 6.45) is 0.576. The maximum absolute atomic E-state index is 12.4. The summed E-state index contributed by atoms with van der Waals surface area (Å²) < 4.78 is 0. The van der Waals surface area contributed by atoms with Crippen LogP contribution in [0.3, 0.4) is 0 Å². The van der Waals surface area contributed by atoms with E-state index in [-0.39, 0.29) is 5.91 Å². The van der Waals surface area contributed by atoms with Gasteiger partial charge < -0.3 is 5.32 Å². The van der Waals surface area contributed by atoms with Gasteiger partial charge >= 0.3 is 0 Å². The minimum Gasteiger partial charge on any atom is -0.349 e. The van der Waals surface area contributed by atoms with Gasteiger partial charge in [0, 0.05) is 15.5 Å². The Morgan fingerprint density at radius 1 is 1.33 bits per heavy atom. The Balaban J connectivity index is 1.71. The zero-order valence-corrected chi connectivity index (χ0v) is 14.6. The van der Waals surface area contributed by atoms with Crippen LogP contribution in [-0.2, 0) is 11.3 Å². The first kappa shape index (κ1) is 16.6. The molecule has 0 aliphatic rings. The Morgan fingerprint density at radius 3 is 2.79 bits per heavy atom. The molecule has 1 unspecified atom stereocenters. The summed E-state index contributed by atoms with van der Waals surface area (Å²) in [5, 5.41) is 18.0. The second-order valence-corrected chi connectivity index (χ2v) is 6.63. The van der Waals surface area contributed by atoms with Crippen LogP contribution in [0.1, 0.15) is 24.3 Å². The van der Waals surface area contributed by atoms with E-state index in [2.05, 4.69) is 20.7 Å². The quantitative estimate of drug-likeness (QED) is 0.731. The van der Waals surface area contributed by atoms with Crippen molar-refractivity contribution in [3.8, 4) is 11.4 Å². The SMILES string of the molecule is CCC(C(=O)NCc1cccs1)n1nnc(-c2ccc(Cl)cc2)n1. The highest BCUT2D eigenvalue weighted by atomic mass is 35.5. The summed E-state index contributed by atoms with van der Waals surface area (Å²) in [6, 6.07) is 10.6. The third-order valence-electron chi connectivity index (χ3n) is 3.52. The minimum atomic E-state index is -0.487. The molecule has 8 heteroatoms. The van der Waals surface area contributed by atoms with Gasteiger partial charge in [0.1, 0.15) is 0 Å². The molecule has 0 aliphatic heterocycles. The van der Waals surface area contributed by atoms with Crippen LogP contribution in [0.2, 0.25) is 5.02 Å². The topological polar surface area (TPSA) is 72.7 Å². The largest absolute Gasteiger partial charge is 0.349 e. The predicted octanol–water partition coefficient (Wildman–Crippen LogP) is 3.32. The lowest BCUT2D eigenvalue weighted by Crippen LogP contribution is -2.32. The van der Waals surface area contributed by atoms with Gasteiger partial charge in [-0.1, -0.05) is 24.6 Å². The monoisotopic (exact) mass is 361 g/mol. The molecule has 0 aliphatic carbocycles. The zero-order valence-electron chi connectivity index (χ0n) is 13.0. The molecule has 1 N–H and O–H groups in total. The van der Waals surface area contributed by atoms with Gasteiger partial charge in [0.2, 0.25) is 11.7 Å². The van der Waals surface area contributed by atoms with E-state index in [9.17, 15) is 4.79 Å². The van der Waals surface area contributed by atoms with Crippen molar-refractivity contribution in [2.75, 3.05) is 0 Å². The second kappa shape index (κ2) is 7.55. The fraction of sp³-hybridized carbons (Fsp3) is 0.250. The molecule has 3 aromatic rings. The van der Waals surface area contributed by atoms with Crippen molar-refractivity contribution in [1.82, 2.24) is 25.5 Å². The number of rotatable bonds is 6. The molecule has 6 nitrogen and oxygen atoms in total. The Hall–Kier alpha value is -2.25. The summed E-state index contributed by atoms with van der Waals surface area (Å²) in [7, 11) is 0.